The SMILES string of the molecule is CCNCCc1cn(C)c2ccc(C(C)C)cc12. The van der Waals surface area contributed by atoms with Crippen molar-refractivity contribution in [1.82, 2.24) is 9.88 Å². The second-order valence-electron chi connectivity index (χ2n) is 5.30. The Morgan fingerprint density at radius 2 is 2.06 bits per heavy atom. The van der Waals surface area contributed by atoms with Crippen LogP contribution in [0.4, 0.5) is 0 Å². The van der Waals surface area contributed by atoms with Gasteiger partial charge in [0.2, 0.25) is 0 Å². The van der Waals surface area contributed by atoms with Crippen molar-refractivity contribution in [2.75, 3.05) is 13.1 Å². The number of nitrogens with one attached hydrogen (secondary N) is 1. The summed E-state index contributed by atoms with van der Waals surface area (Å²) in [7, 11) is 2.13. The predicted molar refractivity (Wildman–Crippen MR) is 79.3 cm³/mol. The summed E-state index contributed by atoms with van der Waals surface area (Å²) in [5, 5.41) is 4.82. The van der Waals surface area contributed by atoms with Gasteiger partial charge in [0.15, 0.2) is 0 Å². The number of hydrogen-bond donors (Lipinski definition) is 1. The van der Waals surface area contributed by atoms with Crippen molar-refractivity contribution >= 4 is 10.9 Å². The summed E-state index contributed by atoms with van der Waals surface area (Å²) < 4.78 is 2.24. The molecule has 2 aromatic rings. The van der Waals surface area contributed by atoms with E-state index in [1.54, 1.807) is 0 Å². The largest absolute Gasteiger partial charge is 0.350 e. The molecule has 1 aromatic carbocycles. The lowest BCUT2D eigenvalue weighted by atomic mass is 10.00. The molecule has 0 aliphatic heterocycles. The Kier molecular flexibility index (Phi) is 4.07. The van der Waals surface area contributed by atoms with Gasteiger partial charge in [0.1, 0.15) is 0 Å². The quantitative estimate of drug-likeness (QED) is 0.797. The molecular formula is C16H24N2. The molecule has 0 radical (unpaired) electrons. The molecule has 2 nitrogen and oxygen atoms in total. The average Bonchev–Trinajstić information content (AvgIpc) is 2.66. The molecule has 1 heterocycles. The van der Waals surface area contributed by atoms with Gasteiger partial charge in [0.25, 0.3) is 0 Å². The lowest BCUT2D eigenvalue weighted by Gasteiger charge is -2.06. The third-order valence-electron chi connectivity index (χ3n) is 3.58. The highest BCUT2D eigenvalue weighted by molar-refractivity contribution is 5.84. The fourth-order valence-electron chi connectivity index (χ4n) is 2.45. The number of rotatable bonds is 5. The fourth-order valence-corrected chi connectivity index (χ4v) is 2.45. The summed E-state index contributed by atoms with van der Waals surface area (Å²) in [5.41, 5.74) is 4.22. The lowest BCUT2D eigenvalue weighted by Crippen LogP contribution is -2.15. The van der Waals surface area contributed by atoms with Gasteiger partial charge < -0.3 is 9.88 Å². The number of aromatic nitrogens is 1. The number of nitrogens with zero attached hydrogens (tertiary/aromatic N) is 1. The van der Waals surface area contributed by atoms with Gasteiger partial charge in [-0.2, -0.15) is 0 Å². The van der Waals surface area contributed by atoms with Gasteiger partial charge in [-0.15, -0.1) is 0 Å². The third-order valence-corrected chi connectivity index (χ3v) is 3.58. The number of likely N-dealkylation sites (N-methyl/N-ethyl adjacent to an activating group) is 1. The molecule has 0 spiro atoms. The second-order valence-corrected chi connectivity index (χ2v) is 5.30. The first-order valence-electron chi connectivity index (χ1n) is 6.92. The maximum absolute atomic E-state index is 3.40. The van der Waals surface area contributed by atoms with E-state index in [9.17, 15) is 0 Å². The zero-order valence-corrected chi connectivity index (χ0v) is 12.0. The van der Waals surface area contributed by atoms with E-state index in [1.165, 1.54) is 22.0 Å². The normalized spacial score (nSPS) is 11.6. The maximum atomic E-state index is 3.40. The van der Waals surface area contributed by atoms with Crippen molar-refractivity contribution in [3.05, 3.63) is 35.5 Å². The number of benzene rings is 1. The van der Waals surface area contributed by atoms with Crippen LogP contribution in [-0.2, 0) is 13.5 Å². The Bertz CT molecular complexity index is 523. The molecular weight excluding hydrogens is 220 g/mol. The van der Waals surface area contributed by atoms with Crippen molar-refractivity contribution in [2.45, 2.75) is 33.1 Å². The molecule has 0 bridgehead atoms. The van der Waals surface area contributed by atoms with Crippen LogP contribution in [-0.4, -0.2) is 17.7 Å². The van der Waals surface area contributed by atoms with Gasteiger partial charge in [0.05, 0.1) is 0 Å². The summed E-state index contributed by atoms with van der Waals surface area (Å²) in [4.78, 5) is 0. The highest BCUT2D eigenvalue weighted by Crippen LogP contribution is 2.25. The van der Waals surface area contributed by atoms with Crippen molar-refractivity contribution in [3.63, 3.8) is 0 Å². The first-order chi connectivity index (χ1) is 8.63. The van der Waals surface area contributed by atoms with Gasteiger partial charge >= 0.3 is 0 Å². The minimum absolute atomic E-state index is 0.594. The summed E-state index contributed by atoms with van der Waals surface area (Å²) in [6.45, 7) is 8.76. The molecule has 0 saturated heterocycles. The van der Waals surface area contributed by atoms with E-state index in [-0.39, 0.29) is 0 Å². The predicted octanol–water partition coefficient (Wildman–Crippen LogP) is 3.45. The maximum Gasteiger partial charge on any atom is 0.0480 e. The average molecular weight is 244 g/mol. The molecule has 0 aliphatic rings. The minimum Gasteiger partial charge on any atom is -0.350 e. The van der Waals surface area contributed by atoms with Crippen LogP contribution in [0.2, 0.25) is 0 Å². The molecule has 2 heteroatoms. The summed E-state index contributed by atoms with van der Waals surface area (Å²) in [6, 6.07) is 6.86. The van der Waals surface area contributed by atoms with Crippen molar-refractivity contribution in [1.29, 1.82) is 0 Å². The van der Waals surface area contributed by atoms with Crippen LogP contribution in [0.5, 0.6) is 0 Å². The lowest BCUT2D eigenvalue weighted by molar-refractivity contribution is 0.717. The topological polar surface area (TPSA) is 17.0 Å². The van der Waals surface area contributed by atoms with Crippen molar-refractivity contribution < 1.29 is 0 Å². The molecule has 1 N–H and O–H groups in total. The monoisotopic (exact) mass is 244 g/mol. The Labute approximate surface area is 110 Å². The third kappa shape index (κ3) is 2.59. The van der Waals surface area contributed by atoms with E-state index in [1.807, 2.05) is 0 Å². The van der Waals surface area contributed by atoms with Crippen LogP contribution in [0, 0.1) is 0 Å². The Morgan fingerprint density at radius 3 is 2.72 bits per heavy atom. The zero-order chi connectivity index (χ0) is 13.1. The van der Waals surface area contributed by atoms with Gasteiger partial charge in [-0.1, -0.05) is 26.8 Å². The molecule has 0 atom stereocenters. The summed E-state index contributed by atoms with van der Waals surface area (Å²) in [6.07, 6.45) is 3.37. The number of fused-ring (bicyclic) bond motifs is 1. The fraction of sp³-hybridized carbons (Fsp3) is 0.500. The van der Waals surface area contributed by atoms with E-state index < -0.39 is 0 Å². The number of aryl methyl sites for hydroxylation is 1. The van der Waals surface area contributed by atoms with Crippen molar-refractivity contribution in [2.24, 2.45) is 7.05 Å². The highest BCUT2D eigenvalue weighted by Gasteiger charge is 2.08. The van der Waals surface area contributed by atoms with Crippen LogP contribution >= 0.6 is 0 Å². The molecule has 98 valence electrons. The summed E-state index contributed by atoms with van der Waals surface area (Å²) >= 11 is 0. The Hall–Kier alpha value is -1.28. The molecule has 2 rings (SSSR count). The zero-order valence-electron chi connectivity index (χ0n) is 12.0. The molecule has 0 amide bonds. The van der Waals surface area contributed by atoms with E-state index in [2.05, 4.69) is 62.1 Å². The molecule has 0 aliphatic carbocycles. The number of hydrogen-bond acceptors (Lipinski definition) is 1. The Balaban J connectivity index is 2.36. The van der Waals surface area contributed by atoms with Crippen LogP contribution in [0.3, 0.4) is 0 Å². The minimum atomic E-state index is 0.594. The second kappa shape index (κ2) is 5.57. The Morgan fingerprint density at radius 1 is 1.28 bits per heavy atom. The summed E-state index contributed by atoms with van der Waals surface area (Å²) in [5.74, 6) is 0.594. The van der Waals surface area contributed by atoms with Crippen LogP contribution in [0.15, 0.2) is 24.4 Å². The standard InChI is InChI=1S/C16H24N2/c1-5-17-9-8-14-11-18(4)16-7-6-13(12(2)3)10-15(14)16/h6-7,10-12,17H,5,8-9H2,1-4H3. The molecule has 0 saturated carbocycles. The molecule has 1 aromatic heterocycles. The van der Waals surface area contributed by atoms with E-state index in [0.29, 0.717) is 5.92 Å². The van der Waals surface area contributed by atoms with Crippen LogP contribution in [0.25, 0.3) is 10.9 Å². The van der Waals surface area contributed by atoms with Gasteiger partial charge in [0, 0.05) is 24.1 Å². The smallest absolute Gasteiger partial charge is 0.0480 e. The first-order valence-corrected chi connectivity index (χ1v) is 6.92. The van der Waals surface area contributed by atoms with E-state index in [4.69, 9.17) is 0 Å². The van der Waals surface area contributed by atoms with Gasteiger partial charge in [-0.05, 0) is 48.7 Å². The van der Waals surface area contributed by atoms with Gasteiger partial charge in [-0.3, -0.25) is 0 Å². The highest BCUT2D eigenvalue weighted by atomic mass is 14.9. The molecule has 18 heavy (non-hydrogen) atoms. The molecule has 0 fully saturated rings. The molecule has 0 unspecified atom stereocenters. The van der Waals surface area contributed by atoms with Crippen molar-refractivity contribution in [3.8, 4) is 0 Å². The van der Waals surface area contributed by atoms with Crippen LogP contribution in [0.1, 0.15) is 37.8 Å². The van der Waals surface area contributed by atoms with E-state index >= 15 is 0 Å². The van der Waals surface area contributed by atoms with Gasteiger partial charge in [-0.25, -0.2) is 0 Å². The van der Waals surface area contributed by atoms with E-state index in [0.717, 1.165) is 19.5 Å². The van der Waals surface area contributed by atoms with Crippen LogP contribution < -0.4 is 5.32 Å². The first kappa shape index (κ1) is 13.2.